The Hall–Kier alpha value is -1.12. The van der Waals surface area contributed by atoms with E-state index in [9.17, 15) is 0 Å². The van der Waals surface area contributed by atoms with Gasteiger partial charge in [0.1, 0.15) is 0 Å². The van der Waals surface area contributed by atoms with Gasteiger partial charge in [0, 0.05) is 17.1 Å². The van der Waals surface area contributed by atoms with Crippen LogP contribution < -0.4 is 5.32 Å². The summed E-state index contributed by atoms with van der Waals surface area (Å²) in [5.41, 5.74) is 6.79. The molecule has 0 saturated carbocycles. The van der Waals surface area contributed by atoms with E-state index in [4.69, 9.17) is 0 Å². The van der Waals surface area contributed by atoms with Crippen LogP contribution in [0.15, 0.2) is 40.9 Å². The first-order valence-electron chi connectivity index (χ1n) is 7.03. The quantitative estimate of drug-likeness (QED) is 0.809. The smallest absolute Gasteiger partial charge is 0.0300 e. The maximum atomic E-state index is 3.63. The SMILES string of the molecule is Cc1cc(C)c(C(C)NCc2ccccc2Br)c(C)c1. The Bertz CT molecular complexity index is 581. The Morgan fingerprint density at radius 2 is 1.65 bits per heavy atom. The van der Waals surface area contributed by atoms with Crippen LogP contribution in [0.2, 0.25) is 0 Å². The van der Waals surface area contributed by atoms with E-state index in [0.717, 1.165) is 11.0 Å². The van der Waals surface area contributed by atoms with Gasteiger partial charge >= 0.3 is 0 Å². The first kappa shape index (κ1) is 15.3. The van der Waals surface area contributed by atoms with Crippen LogP contribution >= 0.6 is 15.9 Å². The van der Waals surface area contributed by atoms with Crippen LogP contribution in [0.4, 0.5) is 0 Å². The van der Waals surface area contributed by atoms with E-state index < -0.39 is 0 Å². The highest BCUT2D eigenvalue weighted by Crippen LogP contribution is 2.24. The van der Waals surface area contributed by atoms with Gasteiger partial charge in [-0.1, -0.05) is 51.8 Å². The fraction of sp³-hybridized carbons (Fsp3) is 0.333. The molecule has 1 atom stereocenters. The molecule has 0 aliphatic heterocycles. The summed E-state index contributed by atoms with van der Waals surface area (Å²) in [4.78, 5) is 0. The number of halogens is 1. The predicted molar refractivity (Wildman–Crippen MR) is 90.0 cm³/mol. The molecule has 0 aromatic heterocycles. The van der Waals surface area contributed by atoms with Gasteiger partial charge in [-0.15, -0.1) is 0 Å². The maximum Gasteiger partial charge on any atom is 0.0300 e. The van der Waals surface area contributed by atoms with E-state index in [-0.39, 0.29) is 0 Å². The van der Waals surface area contributed by atoms with Gasteiger partial charge in [-0.3, -0.25) is 0 Å². The van der Waals surface area contributed by atoms with Crippen molar-refractivity contribution in [2.45, 2.75) is 40.3 Å². The predicted octanol–water partition coefficient (Wildman–Crippen LogP) is 5.23. The Balaban J connectivity index is 2.13. The van der Waals surface area contributed by atoms with E-state index in [1.807, 2.05) is 6.07 Å². The van der Waals surface area contributed by atoms with Gasteiger partial charge in [0.2, 0.25) is 0 Å². The molecule has 0 bridgehead atoms. The summed E-state index contributed by atoms with van der Waals surface area (Å²) in [6, 6.07) is 13.2. The third kappa shape index (κ3) is 3.50. The highest BCUT2D eigenvalue weighted by atomic mass is 79.9. The molecule has 0 spiro atoms. The molecule has 0 aliphatic carbocycles. The fourth-order valence-electron chi connectivity index (χ4n) is 2.88. The van der Waals surface area contributed by atoms with Gasteiger partial charge < -0.3 is 5.32 Å². The number of hydrogen-bond acceptors (Lipinski definition) is 1. The third-order valence-electron chi connectivity index (χ3n) is 3.73. The summed E-state index contributed by atoms with van der Waals surface area (Å²) in [7, 11) is 0. The summed E-state index contributed by atoms with van der Waals surface area (Å²) < 4.78 is 1.16. The Labute approximate surface area is 130 Å². The first-order chi connectivity index (χ1) is 9.49. The maximum absolute atomic E-state index is 3.63. The van der Waals surface area contributed by atoms with Crippen LogP contribution in [-0.2, 0) is 6.54 Å². The second kappa shape index (κ2) is 6.55. The van der Waals surface area contributed by atoms with Crippen LogP contribution in [0.5, 0.6) is 0 Å². The standard InChI is InChI=1S/C18H22BrN/c1-12-9-13(2)18(14(3)10-12)15(4)20-11-16-7-5-6-8-17(16)19/h5-10,15,20H,11H2,1-4H3. The molecule has 2 rings (SSSR count). The molecule has 1 unspecified atom stereocenters. The molecular formula is C18H22BrN. The monoisotopic (exact) mass is 331 g/mol. The molecule has 0 aliphatic rings. The zero-order valence-corrected chi connectivity index (χ0v) is 14.2. The lowest BCUT2D eigenvalue weighted by Crippen LogP contribution is -2.20. The number of aryl methyl sites for hydroxylation is 3. The molecule has 1 nitrogen and oxygen atoms in total. The number of benzene rings is 2. The molecular weight excluding hydrogens is 310 g/mol. The summed E-state index contributed by atoms with van der Waals surface area (Å²) in [6.45, 7) is 9.66. The van der Waals surface area contributed by atoms with Crippen LogP contribution in [0, 0.1) is 20.8 Å². The minimum atomic E-state index is 0.350. The molecule has 106 valence electrons. The lowest BCUT2D eigenvalue weighted by molar-refractivity contribution is 0.568. The number of nitrogens with one attached hydrogen (secondary N) is 1. The Morgan fingerprint density at radius 1 is 1.05 bits per heavy atom. The van der Waals surface area contributed by atoms with Crippen molar-refractivity contribution in [1.82, 2.24) is 5.32 Å². The van der Waals surface area contributed by atoms with Gasteiger partial charge in [-0.25, -0.2) is 0 Å². The highest BCUT2D eigenvalue weighted by Gasteiger charge is 2.12. The van der Waals surface area contributed by atoms with Gasteiger partial charge in [-0.05, 0) is 56.0 Å². The molecule has 0 heterocycles. The van der Waals surface area contributed by atoms with Crippen molar-refractivity contribution in [2.75, 3.05) is 0 Å². The van der Waals surface area contributed by atoms with Crippen molar-refractivity contribution in [3.05, 3.63) is 68.7 Å². The summed E-state index contributed by atoms with van der Waals surface area (Å²) >= 11 is 3.60. The van der Waals surface area contributed by atoms with E-state index in [1.165, 1.54) is 27.8 Å². The van der Waals surface area contributed by atoms with E-state index in [0.29, 0.717) is 6.04 Å². The minimum absolute atomic E-state index is 0.350. The van der Waals surface area contributed by atoms with Crippen molar-refractivity contribution < 1.29 is 0 Å². The summed E-state index contributed by atoms with van der Waals surface area (Å²) in [5.74, 6) is 0. The summed E-state index contributed by atoms with van der Waals surface area (Å²) in [5, 5.41) is 3.63. The Morgan fingerprint density at radius 3 is 2.25 bits per heavy atom. The van der Waals surface area contributed by atoms with E-state index in [2.05, 4.69) is 79.3 Å². The lowest BCUT2D eigenvalue weighted by atomic mass is 9.95. The third-order valence-corrected chi connectivity index (χ3v) is 4.50. The second-order valence-corrected chi connectivity index (χ2v) is 6.36. The molecule has 1 N–H and O–H groups in total. The number of rotatable bonds is 4. The van der Waals surface area contributed by atoms with Gasteiger partial charge in [0.15, 0.2) is 0 Å². The zero-order valence-electron chi connectivity index (χ0n) is 12.6. The minimum Gasteiger partial charge on any atom is -0.306 e. The van der Waals surface area contributed by atoms with Crippen molar-refractivity contribution >= 4 is 15.9 Å². The highest BCUT2D eigenvalue weighted by molar-refractivity contribution is 9.10. The second-order valence-electron chi connectivity index (χ2n) is 5.51. The van der Waals surface area contributed by atoms with Crippen LogP contribution in [0.3, 0.4) is 0 Å². The van der Waals surface area contributed by atoms with Gasteiger partial charge in [-0.2, -0.15) is 0 Å². The van der Waals surface area contributed by atoms with Crippen LogP contribution in [0.25, 0.3) is 0 Å². The molecule has 20 heavy (non-hydrogen) atoms. The normalized spacial score (nSPS) is 12.4. The van der Waals surface area contributed by atoms with Crippen molar-refractivity contribution in [3.8, 4) is 0 Å². The molecule has 0 saturated heterocycles. The van der Waals surface area contributed by atoms with Crippen LogP contribution in [-0.4, -0.2) is 0 Å². The Kier molecular flexibility index (Phi) is 5.00. The van der Waals surface area contributed by atoms with Crippen molar-refractivity contribution in [1.29, 1.82) is 0 Å². The molecule has 2 aromatic carbocycles. The average Bonchev–Trinajstić information content (AvgIpc) is 2.36. The average molecular weight is 332 g/mol. The van der Waals surface area contributed by atoms with E-state index >= 15 is 0 Å². The number of hydrogen-bond donors (Lipinski definition) is 1. The molecule has 0 amide bonds. The van der Waals surface area contributed by atoms with Gasteiger partial charge in [0.25, 0.3) is 0 Å². The van der Waals surface area contributed by atoms with E-state index in [1.54, 1.807) is 0 Å². The fourth-order valence-corrected chi connectivity index (χ4v) is 3.31. The van der Waals surface area contributed by atoms with Crippen molar-refractivity contribution in [2.24, 2.45) is 0 Å². The first-order valence-corrected chi connectivity index (χ1v) is 7.83. The topological polar surface area (TPSA) is 12.0 Å². The van der Waals surface area contributed by atoms with Gasteiger partial charge in [0.05, 0.1) is 0 Å². The lowest BCUT2D eigenvalue weighted by Gasteiger charge is -2.20. The molecule has 2 heteroatoms. The molecule has 2 aromatic rings. The molecule has 0 fully saturated rings. The van der Waals surface area contributed by atoms with Crippen LogP contribution in [0.1, 0.15) is 40.8 Å². The largest absolute Gasteiger partial charge is 0.306 e. The summed E-state index contributed by atoms with van der Waals surface area (Å²) in [6.07, 6.45) is 0. The van der Waals surface area contributed by atoms with Crippen molar-refractivity contribution in [3.63, 3.8) is 0 Å². The molecule has 0 radical (unpaired) electrons. The zero-order chi connectivity index (χ0) is 14.7.